The molecule has 136 valence electrons. The normalized spacial score (nSPS) is 13.1. The van der Waals surface area contributed by atoms with Gasteiger partial charge in [-0.2, -0.15) is 0 Å². The van der Waals surface area contributed by atoms with Crippen LogP contribution in [0.1, 0.15) is 27.2 Å². The molecule has 0 saturated carbocycles. The summed E-state index contributed by atoms with van der Waals surface area (Å²) in [7, 11) is 0. The Balaban J connectivity index is 1.49. The van der Waals surface area contributed by atoms with E-state index in [4.69, 9.17) is 11.6 Å². The van der Waals surface area contributed by atoms with Crippen LogP contribution in [0.3, 0.4) is 0 Å². The minimum absolute atomic E-state index is 0.0270. The molecule has 7 heteroatoms. The van der Waals surface area contributed by atoms with Crippen LogP contribution in [-0.4, -0.2) is 32.3 Å². The molecule has 1 aliphatic heterocycles. The molecule has 0 aliphatic carbocycles. The Kier molecular flexibility index (Phi) is 4.98. The fourth-order valence-electron chi connectivity index (χ4n) is 3.18. The first-order valence-corrected chi connectivity index (χ1v) is 9.09. The summed E-state index contributed by atoms with van der Waals surface area (Å²) < 4.78 is 0. The number of carbonyl (C=O) groups excluding carboxylic acids is 1. The first-order valence-electron chi connectivity index (χ1n) is 8.71. The Labute approximate surface area is 162 Å². The van der Waals surface area contributed by atoms with Gasteiger partial charge in [-0.1, -0.05) is 23.7 Å². The maximum absolute atomic E-state index is 12.7. The molecule has 2 aromatic heterocycles. The molecule has 0 bridgehead atoms. The van der Waals surface area contributed by atoms with E-state index in [1.165, 1.54) is 6.33 Å². The fourth-order valence-corrected chi connectivity index (χ4v) is 3.40. The van der Waals surface area contributed by atoms with E-state index >= 15 is 0 Å². The second-order valence-electron chi connectivity index (χ2n) is 6.35. The quantitative estimate of drug-likeness (QED) is 0.752. The number of nitrogens with one attached hydrogen (secondary N) is 1. The van der Waals surface area contributed by atoms with Crippen LogP contribution >= 0.6 is 11.6 Å². The first-order chi connectivity index (χ1) is 13.2. The number of rotatable bonds is 4. The summed E-state index contributed by atoms with van der Waals surface area (Å²) in [5, 5.41) is 4.08. The highest BCUT2D eigenvalue weighted by Crippen LogP contribution is 2.24. The van der Waals surface area contributed by atoms with Crippen molar-refractivity contribution >= 4 is 23.3 Å². The lowest BCUT2D eigenvalue weighted by Gasteiger charge is -2.29. The molecule has 0 unspecified atom stereocenters. The van der Waals surface area contributed by atoms with Gasteiger partial charge in [0.1, 0.15) is 12.1 Å². The average molecular weight is 380 g/mol. The lowest BCUT2D eigenvalue weighted by Crippen LogP contribution is -2.37. The molecule has 6 nitrogen and oxygen atoms in total. The third-order valence-corrected chi connectivity index (χ3v) is 4.79. The van der Waals surface area contributed by atoms with Gasteiger partial charge in [-0.3, -0.25) is 9.78 Å². The topological polar surface area (TPSA) is 71.0 Å². The van der Waals surface area contributed by atoms with Crippen LogP contribution < -0.4 is 5.32 Å². The zero-order chi connectivity index (χ0) is 18.6. The molecule has 1 N–H and O–H groups in total. The van der Waals surface area contributed by atoms with Gasteiger partial charge in [0.05, 0.1) is 17.8 Å². The van der Waals surface area contributed by atoms with E-state index < -0.39 is 0 Å². The highest BCUT2D eigenvalue weighted by molar-refractivity contribution is 6.30. The summed E-state index contributed by atoms with van der Waals surface area (Å²) in [4.78, 5) is 27.3. The molecule has 27 heavy (non-hydrogen) atoms. The third kappa shape index (κ3) is 3.90. The lowest BCUT2D eigenvalue weighted by molar-refractivity contribution is 0.0731. The minimum Gasteiger partial charge on any atom is -0.366 e. The van der Waals surface area contributed by atoms with Crippen molar-refractivity contribution in [2.75, 3.05) is 11.9 Å². The number of benzene rings is 1. The van der Waals surface area contributed by atoms with Crippen LogP contribution in [0.5, 0.6) is 0 Å². The van der Waals surface area contributed by atoms with Crippen molar-refractivity contribution < 1.29 is 4.79 Å². The van der Waals surface area contributed by atoms with Gasteiger partial charge in [0.2, 0.25) is 0 Å². The minimum atomic E-state index is -0.0270. The number of anilines is 1. The van der Waals surface area contributed by atoms with Gasteiger partial charge in [0, 0.05) is 36.1 Å². The summed E-state index contributed by atoms with van der Waals surface area (Å²) in [5.41, 5.74) is 3.62. The molecule has 0 saturated heterocycles. The summed E-state index contributed by atoms with van der Waals surface area (Å²) in [6.45, 7) is 1.72. The monoisotopic (exact) mass is 379 g/mol. The van der Waals surface area contributed by atoms with Crippen molar-refractivity contribution in [3.63, 3.8) is 0 Å². The SMILES string of the molecule is O=C(c1cccnc1)N1CCc2c(ncnc2NCc2cccc(Cl)c2)C1. The first kappa shape index (κ1) is 17.4. The van der Waals surface area contributed by atoms with Crippen molar-refractivity contribution in [1.82, 2.24) is 19.9 Å². The summed E-state index contributed by atoms with van der Waals surface area (Å²) in [5.74, 6) is 0.786. The Morgan fingerprint density at radius 3 is 2.96 bits per heavy atom. The summed E-state index contributed by atoms with van der Waals surface area (Å²) in [6.07, 6.45) is 5.50. The number of carbonyl (C=O) groups is 1. The zero-order valence-corrected chi connectivity index (χ0v) is 15.4. The highest BCUT2D eigenvalue weighted by Gasteiger charge is 2.25. The molecule has 4 rings (SSSR count). The van der Waals surface area contributed by atoms with Crippen molar-refractivity contribution in [3.8, 4) is 0 Å². The Hall–Kier alpha value is -2.99. The Morgan fingerprint density at radius 2 is 2.15 bits per heavy atom. The number of aromatic nitrogens is 3. The van der Waals surface area contributed by atoms with E-state index in [-0.39, 0.29) is 5.91 Å². The molecule has 0 radical (unpaired) electrons. The second kappa shape index (κ2) is 7.72. The van der Waals surface area contributed by atoms with E-state index in [2.05, 4.69) is 20.3 Å². The third-order valence-electron chi connectivity index (χ3n) is 4.55. The second-order valence-corrected chi connectivity index (χ2v) is 6.79. The molecule has 3 heterocycles. The molecule has 1 aromatic carbocycles. The lowest BCUT2D eigenvalue weighted by atomic mass is 10.0. The predicted molar refractivity (Wildman–Crippen MR) is 103 cm³/mol. The number of hydrogen-bond donors (Lipinski definition) is 1. The van der Waals surface area contributed by atoms with Crippen molar-refractivity contribution in [2.45, 2.75) is 19.5 Å². The van der Waals surface area contributed by atoms with Gasteiger partial charge < -0.3 is 10.2 Å². The molecule has 1 amide bonds. The van der Waals surface area contributed by atoms with Crippen molar-refractivity contribution in [1.29, 1.82) is 0 Å². The van der Waals surface area contributed by atoms with Gasteiger partial charge in [0.15, 0.2) is 0 Å². The highest BCUT2D eigenvalue weighted by atomic mass is 35.5. The van der Waals surface area contributed by atoms with Crippen LogP contribution in [0.2, 0.25) is 5.02 Å². The van der Waals surface area contributed by atoms with E-state index in [1.54, 1.807) is 29.4 Å². The maximum atomic E-state index is 12.7. The van der Waals surface area contributed by atoms with Crippen molar-refractivity contribution in [2.24, 2.45) is 0 Å². The van der Waals surface area contributed by atoms with E-state index in [0.717, 1.165) is 22.6 Å². The summed E-state index contributed by atoms with van der Waals surface area (Å²) >= 11 is 6.04. The molecular weight excluding hydrogens is 362 g/mol. The standard InChI is InChI=1S/C20H18ClN5O/c21-16-5-1-3-14(9-16)10-23-19-17-6-8-26(12-18(17)24-13-25-19)20(27)15-4-2-7-22-11-15/h1-5,7,9,11,13H,6,8,10,12H2,(H,23,24,25). The van der Waals surface area contributed by atoms with Crippen LogP contribution in [-0.2, 0) is 19.5 Å². The Bertz CT molecular complexity index is 964. The van der Waals surface area contributed by atoms with Crippen LogP contribution in [0, 0.1) is 0 Å². The Morgan fingerprint density at radius 1 is 1.22 bits per heavy atom. The van der Waals surface area contributed by atoms with E-state index in [0.29, 0.717) is 36.6 Å². The van der Waals surface area contributed by atoms with Gasteiger partial charge in [-0.25, -0.2) is 9.97 Å². The maximum Gasteiger partial charge on any atom is 0.255 e. The molecule has 0 atom stereocenters. The van der Waals surface area contributed by atoms with Crippen LogP contribution in [0.25, 0.3) is 0 Å². The van der Waals surface area contributed by atoms with E-state index in [9.17, 15) is 4.79 Å². The largest absolute Gasteiger partial charge is 0.366 e. The number of hydrogen-bond acceptors (Lipinski definition) is 5. The molecular formula is C20H18ClN5O. The average Bonchev–Trinajstić information content (AvgIpc) is 2.72. The number of amides is 1. The molecule has 0 fully saturated rings. The number of fused-ring (bicyclic) bond motifs is 1. The zero-order valence-electron chi connectivity index (χ0n) is 14.6. The molecule has 0 spiro atoms. The smallest absolute Gasteiger partial charge is 0.255 e. The van der Waals surface area contributed by atoms with Crippen molar-refractivity contribution in [3.05, 3.63) is 82.5 Å². The van der Waals surface area contributed by atoms with Gasteiger partial charge in [-0.15, -0.1) is 0 Å². The van der Waals surface area contributed by atoms with Gasteiger partial charge in [-0.05, 0) is 36.2 Å². The number of nitrogens with zero attached hydrogens (tertiary/aromatic N) is 4. The van der Waals surface area contributed by atoms with Gasteiger partial charge in [0.25, 0.3) is 5.91 Å². The van der Waals surface area contributed by atoms with Crippen LogP contribution in [0.15, 0.2) is 55.1 Å². The van der Waals surface area contributed by atoms with E-state index in [1.807, 2.05) is 24.3 Å². The number of pyridine rings is 1. The molecule has 1 aliphatic rings. The molecule has 3 aromatic rings. The van der Waals surface area contributed by atoms with Gasteiger partial charge >= 0.3 is 0 Å². The fraction of sp³-hybridized carbons (Fsp3) is 0.200. The predicted octanol–water partition coefficient (Wildman–Crippen LogP) is 3.34. The summed E-state index contributed by atoms with van der Waals surface area (Å²) in [6, 6.07) is 11.3. The number of halogens is 1. The van der Waals surface area contributed by atoms with Crippen LogP contribution in [0.4, 0.5) is 5.82 Å².